The van der Waals surface area contributed by atoms with E-state index in [2.05, 4.69) is 25.7 Å². The third-order valence-corrected chi connectivity index (χ3v) is 7.28. The third-order valence-electron chi connectivity index (χ3n) is 5.91. The molecule has 0 unspecified atom stereocenters. The molecule has 8 heteroatoms. The zero-order chi connectivity index (χ0) is 24.7. The lowest BCUT2D eigenvalue weighted by Crippen LogP contribution is -2.31. The molecular weight excluding hydrogens is 464 g/mol. The number of hydrogen-bond donors (Lipinski definition) is 0. The number of pyridine rings is 1. The lowest BCUT2D eigenvalue weighted by molar-refractivity contribution is -0.122. The number of unbranched alkanes of at least 4 members (excludes halogenated alkanes) is 4. The van der Waals surface area contributed by atoms with Crippen molar-refractivity contribution >= 4 is 51.7 Å². The molecule has 1 aliphatic heterocycles. The molecular formula is C26H36N4O2S2. The number of anilines is 1. The molecule has 0 bridgehead atoms. The van der Waals surface area contributed by atoms with E-state index >= 15 is 0 Å². The Bertz CT molecular complexity index is 1120. The minimum Gasteiger partial charge on any atom is -0.356 e. The fourth-order valence-corrected chi connectivity index (χ4v) is 5.47. The highest BCUT2D eigenvalue weighted by atomic mass is 32.2. The molecule has 0 saturated carbocycles. The van der Waals surface area contributed by atoms with Gasteiger partial charge < -0.3 is 4.90 Å². The van der Waals surface area contributed by atoms with Crippen molar-refractivity contribution in [2.45, 2.75) is 72.6 Å². The van der Waals surface area contributed by atoms with Gasteiger partial charge in [0.05, 0.1) is 10.5 Å². The van der Waals surface area contributed by atoms with Gasteiger partial charge in [-0.05, 0) is 43.9 Å². The van der Waals surface area contributed by atoms with Gasteiger partial charge in [0.15, 0.2) is 0 Å². The van der Waals surface area contributed by atoms with E-state index in [1.807, 2.05) is 19.1 Å². The number of rotatable bonds is 12. The maximum atomic E-state index is 13.6. The van der Waals surface area contributed by atoms with E-state index in [4.69, 9.17) is 17.2 Å². The average Bonchev–Trinajstić information content (AvgIpc) is 3.08. The van der Waals surface area contributed by atoms with Gasteiger partial charge in [-0.25, -0.2) is 4.98 Å². The van der Waals surface area contributed by atoms with Crippen LogP contribution in [-0.2, 0) is 4.79 Å². The van der Waals surface area contributed by atoms with Gasteiger partial charge in [0.1, 0.15) is 15.8 Å². The fraction of sp³-hybridized carbons (Fsp3) is 0.538. The van der Waals surface area contributed by atoms with Crippen LogP contribution in [0.3, 0.4) is 0 Å². The molecule has 0 aromatic carbocycles. The highest BCUT2D eigenvalue weighted by molar-refractivity contribution is 8.26. The molecule has 34 heavy (non-hydrogen) atoms. The summed E-state index contributed by atoms with van der Waals surface area (Å²) in [6.45, 7) is 10.6. The van der Waals surface area contributed by atoms with E-state index in [0.717, 1.165) is 44.3 Å². The number of thioether (sulfide) groups is 1. The monoisotopic (exact) mass is 500 g/mol. The van der Waals surface area contributed by atoms with Crippen LogP contribution in [0.4, 0.5) is 5.82 Å². The Morgan fingerprint density at radius 1 is 1.03 bits per heavy atom. The van der Waals surface area contributed by atoms with Crippen LogP contribution in [-0.4, -0.2) is 44.1 Å². The van der Waals surface area contributed by atoms with Crippen molar-refractivity contribution in [3.63, 3.8) is 0 Å². The molecule has 1 fully saturated rings. The van der Waals surface area contributed by atoms with Crippen LogP contribution >= 0.6 is 24.0 Å². The van der Waals surface area contributed by atoms with Crippen molar-refractivity contribution in [2.75, 3.05) is 24.5 Å². The molecule has 2 aromatic heterocycles. The maximum absolute atomic E-state index is 13.6. The van der Waals surface area contributed by atoms with Gasteiger partial charge in [0, 0.05) is 25.8 Å². The van der Waals surface area contributed by atoms with E-state index in [1.165, 1.54) is 31.0 Å². The first-order valence-electron chi connectivity index (χ1n) is 12.4. The van der Waals surface area contributed by atoms with Gasteiger partial charge in [-0.1, -0.05) is 76.5 Å². The molecule has 0 aliphatic carbocycles. The summed E-state index contributed by atoms with van der Waals surface area (Å²) in [6.07, 6.45) is 11.0. The van der Waals surface area contributed by atoms with Gasteiger partial charge in [0.25, 0.3) is 11.5 Å². The second kappa shape index (κ2) is 12.5. The Balaban J connectivity index is 2.01. The minimum absolute atomic E-state index is 0.109. The van der Waals surface area contributed by atoms with E-state index in [1.54, 1.807) is 21.6 Å². The van der Waals surface area contributed by atoms with Crippen molar-refractivity contribution < 1.29 is 4.79 Å². The SMILES string of the molecule is CCCCCCCN1C(=O)/C(=C/c2c(N(CCC)CCC)nc3ccc(C)cn3c2=O)SC1=S. The topological polar surface area (TPSA) is 57.9 Å². The van der Waals surface area contributed by atoms with Crippen LogP contribution in [0.15, 0.2) is 28.0 Å². The molecule has 1 aliphatic rings. The number of nitrogens with zero attached hydrogens (tertiary/aromatic N) is 4. The number of fused-ring (bicyclic) bond motifs is 1. The van der Waals surface area contributed by atoms with Crippen LogP contribution < -0.4 is 10.5 Å². The number of thiocarbonyl (C=S) groups is 1. The zero-order valence-corrected chi connectivity index (χ0v) is 22.4. The average molecular weight is 501 g/mol. The number of aromatic nitrogens is 2. The summed E-state index contributed by atoms with van der Waals surface area (Å²) in [4.78, 5) is 36.1. The summed E-state index contributed by atoms with van der Waals surface area (Å²) in [5.41, 5.74) is 1.88. The van der Waals surface area contributed by atoms with E-state index < -0.39 is 0 Å². The van der Waals surface area contributed by atoms with Gasteiger partial charge in [0.2, 0.25) is 0 Å². The van der Waals surface area contributed by atoms with Crippen molar-refractivity contribution in [1.82, 2.24) is 14.3 Å². The fourth-order valence-electron chi connectivity index (χ4n) is 4.18. The molecule has 6 nitrogen and oxygen atoms in total. The number of aryl methyl sites for hydroxylation is 1. The Morgan fingerprint density at radius 3 is 2.41 bits per heavy atom. The highest BCUT2D eigenvalue weighted by Gasteiger charge is 2.32. The molecule has 2 aromatic rings. The zero-order valence-electron chi connectivity index (χ0n) is 20.8. The molecule has 0 radical (unpaired) electrons. The van der Waals surface area contributed by atoms with Gasteiger partial charge in [-0.2, -0.15) is 0 Å². The predicted octanol–water partition coefficient (Wildman–Crippen LogP) is 5.80. The molecule has 0 spiro atoms. The molecule has 1 amide bonds. The Kier molecular flexibility index (Phi) is 9.71. The molecule has 3 rings (SSSR count). The first kappa shape index (κ1) is 26.4. The summed E-state index contributed by atoms with van der Waals surface area (Å²) in [7, 11) is 0. The Labute approximate surface area is 212 Å². The molecule has 184 valence electrons. The molecule has 3 heterocycles. The Morgan fingerprint density at radius 2 is 1.74 bits per heavy atom. The van der Waals surface area contributed by atoms with Crippen LogP contribution in [0.25, 0.3) is 11.7 Å². The van der Waals surface area contributed by atoms with Crippen LogP contribution in [0.1, 0.15) is 76.8 Å². The first-order valence-corrected chi connectivity index (χ1v) is 13.7. The summed E-state index contributed by atoms with van der Waals surface area (Å²) >= 11 is 6.81. The van der Waals surface area contributed by atoms with Crippen LogP contribution in [0.5, 0.6) is 0 Å². The van der Waals surface area contributed by atoms with Crippen molar-refractivity contribution in [3.8, 4) is 0 Å². The highest BCUT2D eigenvalue weighted by Crippen LogP contribution is 2.34. The normalized spacial score (nSPS) is 15.2. The summed E-state index contributed by atoms with van der Waals surface area (Å²) in [6, 6.07) is 3.83. The van der Waals surface area contributed by atoms with Crippen molar-refractivity contribution in [1.29, 1.82) is 0 Å². The quantitative estimate of drug-likeness (QED) is 0.209. The number of amides is 1. The standard InChI is InChI=1S/C26H36N4O2S2/c1-5-8-9-10-11-16-29-25(32)21(34-26(29)33)17-20-23(28(14-6-2)15-7-3)27-22-13-12-19(4)18-30(22)24(20)31/h12-13,17-18H,5-11,14-16H2,1-4H3/b21-17-. The molecule has 0 N–H and O–H groups in total. The van der Waals surface area contributed by atoms with Gasteiger partial charge >= 0.3 is 0 Å². The van der Waals surface area contributed by atoms with E-state index in [-0.39, 0.29) is 11.5 Å². The summed E-state index contributed by atoms with van der Waals surface area (Å²) in [5, 5.41) is 0. The lowest BCUT2D eigenvalue weighted by atomic mass is 10.1. The van der Waals surface area contributed by atoms with Gasteiger partial charge in [-0.3, -0.25) is 18.9 Å². The van der Waals surface area contributed by atoms with Crippen molar-refractivity contribution in [2.24, 2.45) is 0 Å². The van der Waals surface area contributed by atoms with E-state index in [0.29, 0.717) is 32.8 Å². The number of hydrogen-bond acceptors (Lipinski definition) is 6. The Hall–Kier alpha value is -2.19. The first-order chi connectivity index (χ1) is 16.4. The minimum atomic E-state index is -0.161. The molecule has 0 atom stereocenters. The summed E-state index contributed by atoms with van der Waals surface area (Å²) < 4.78 is 2.15. The predicted molar refractivity (Wildman–Crippen MR) is 148 cm³/mol. The van der Waals surface area contributed by atoms with Crippen molar-refractivity contribution in [3.05, 3.63) is 44.7 Å². The smallest absolute Gasteiger partial charge is 0.267 e. The largest absolute Gasteiger partial charge is 0.356 e. The van der Waals surface area contributed by atoms with E-state index in [9.17, 15) is 9.59 Å². The summed E-state index contributed by atoms with van der Waals surface area (Å²) in [5.74, 6) is 0.533. The second-order valence-corrected chi connectivity index (χ2v) is 10.5. The van der Waals surface area contributed by atoms with Gasteiger partial charge in [-0.15, -0.1) is 0 Å². The van der Waals surface area contributed by atoms with Crippen LogP contribution in [0.2, 0.25) is 0 Å². The van der Waals surface area contributed by atoms with Crippen LogP contribution in [0, 0.1) is 6.92 Å². The second-order valence-electron chi connectivity index (χ2n) is 8.82. The molecule has 1 saturated heterocycles. The maximum Gasteiger partial charge on any atom is 0.267 e. The third kappa shape index (κ3) is 6.08. The lowest BCUT2D eigenvalue weighted by Gasteiger charge is -2.24. The number of carbonyl (C=O) groups excluding carboxylic acids is 1. The number of carbonyl (C=O) groups is 1.